The van der Waals surface area contributed by atoms with Crippen LogP contribution in [0.2, 0.25) is 0 Å². The molecule has 0 unspecified atom stereocenters. The number of carbonyl (C=O) groups is 1. The van der Waals surface area contributed by atoms with Crippen LogP contribution in [0.3, 0.4) is 0 Å². The van der Waals surface area contributed by atoms with Crippen molar-refractivity contribution in [2.24, 2.45) is 11.7 Å². The largest absolute Gasteiger partial charge is 0.464 e. The zero-order chi connectivity index (χ0) is 16.3. The molecule has 0 aliphatic rings. The van der Waals surface area contributed by atoms with Crippen LogP contribution in [0.15, 0.2) is 22.9 Å². The Balaban J connectivity index is 2.24. The van der Waals surface area contributed by atoms with Gasteiger partial charge in [0.25, 0.3) is 5.19 Å². The monoisotopic (exact) mass is 386 g/mol. The molecule has 0 aliphatic heterocycles. The van der Waals surface area contributed by atoms with Crippen LogP contribution in [0.1, 0.15) is 11.1 Å². The highest BCUT2D eigenvalue weighted by molar-refractivity contribution is 9.10. The summed E-state index contributed by atoms with van der Waals surface area (Å²) in [7, 11) is 1.42. The number of benzene rings is 1. The topological polar surface area (TPSA) is 111 Å². The molecule has 10 heteroatoms. The predicted octanol–water partition coefficient (Wildman–Crippen LogP) is 1.79. The van der Waals surface area contributed by atoms with Gasteiger partial charge < -0.3 is 4.74 Å². The van der Waals surface area contributed by atoms with Gasteiger partial charge in [0.05, 0.1) is 5.69 Å². The quantitative estimate of drug-likeness (QED) is 0.470. The number of hydrogen-bond donors (Lipinski definition) is 2. The summed E-state index contributed by atoms with van der Waals surface area (Å²) in [6.45, 7) is 2.11. The molecular weight excluding hydrogens is 372 g/mol. The lowest BCUT2D eigenvalue weighted by Crippen LogP contribution is -2.49. The van der Waals surface area contributed by atoms with E-state index in [4.69, 9.17) is 16.4 Å². The molecule has 2 rings (SSSR count). The number of halogens is 1. The molecule has 0 fully saturated rings. The van der Waals surface area contributed by atoms with Gasteiger partial charge in [0.15, 0.2) is 0 Å². The molecule has 0 radical (unpaired) electrons. The first-order valence-electron chi connectivity index (χ1n) is 6.18. The Hall–Kier alpha value is -1.75. The Kier molecular flexibility index (Phi) is 5.29. The number of aryl methyl sites for hydroxylation is 1. The van der Waals surface area contributed by atoms with E-state index in [1.807, 2.05) is 13.0 Å². The fourth-order valence-corrected chi connectivity index (χ4v) is 2.69. The fraction of sp³-hybridized carbons (Fsp3) is 0.250. The molecule has 0 saturated heterocycles. The van der Waals surface area contributed by atoms with E-state index in [-0.39, 0.29) is 6.61 Å². The normalized spacial score (nSPS) is 10.4. The minimum absolute atomic E-state index is 0.207. The van der Waals surface area contributed by atoms with E-state index in [0.717, 1.165) is 32.7 Å². The SMILES string of the molecule is Cc1cccc(N(N)C(=O)N(C)N)c1COc1nc(Br)ns1. The van der Waals surface area contributed by atoms with Gasteiger partial charge in [-0.2, -0.15) is 9.36 Å². The van der Waals surface area contributed by atoms with E-state index in [9.17, 15) is 4.79 Å². The third-order valence-corrected chi connectivity index (χ3v) is 4.09. The second kappa shape index (κ2) is 7.01. The molecule has 2 amide bonds. The minimum Gasteiger partial charge on any atom is -0.464 e. The first-order valence-corrected chi connectivity index (χ1v) is 7.74. The molecule has 1 aromatic heterocycles. The van der Waals surface area contributed by atoms with E-state index in [0.29, 0.717) is 15.6 Å². The zero-order valence-electron chi connectivity index (χ0n) is 12.0. The molecular formula is C12H15BrN6O2S. The van der Waals surface area contributed by atoms with Crippen molar-refractivity contribution < 1.29 is 9.53 Å². The van der Waals surface area contributed by atoms with Gasteiger partial charge in [-0.25, -0.2) is 21.5 Å². The van der Waals surface area contributed by atoms with Gasteiger partial charge >= 0.3 is 6.03 Å². The van der Waals surface area contributed by atoms with Crippen LogP contribution in [0.5, 0.6) is 5.19 Å². The summed E-state index contributed by atoms with van der Waals surface area (Å²) in [6, 6.07) is 4.90. The lowest BCUT2D eigenvalue weighted by atomic mass is 10.1. The molecule has 4 N–H and O–H groups in total. The number of hydrogen-bond acceptors (Lipinski definition) is 7. The molecule has 1 heterocycles. The lowest BCUT2D eigenvalue weighted by Gasteiger charge is -2.23. The number of nitrogens with two attached hydrogens (primary N) is 2. The minimum atomic E-state index is -0.537. The second-order valence-electron chi connectivity index (χ2n) is 4.45. The third-order valence-electron chi connectivity index (χ3n) is 2.88. The van der Waals surface area contributed by atoms with E-state index in [1.54, 1.807) is 12.1 Å². The van der Waals surface area contributed by atoms with Crippen LogP contribution in [0.25, 0.3) is 0 Å². The van der Waals surface area contributed by atoms with Crippen LogP contribution in [0.4, 0.5) is 10.5 Å². The highest BCUT2D eigenvalue weighted by Crippen LogP contribution is 2.25. The highest BCUT2D eigenvalue weighted by atomic mass is 79.9. The average molecular weight is 387 g/mol. The first-order chi connectivity index (χ1) is 10.4. The van der Waals surface area contributed by atoms with Crippen molar-refractivity contribution >= 4 is 39.2 Å². The standard InChI is InChI=1S/C12H15BrN6O2S/c1-7-4-3-5-9(19(15)12(20)18(2)14)8(7)6-21-11-16-10(13)17-22-11/h3-5H,6,14-15H2,1-2H3. The van der Waals surface area contributed by atoms with Crippen molar-refractivity contribution in [2.45, 2.75) is 13.5 Å². The van der Waals surface area contributed by atoms with Crippen molar-refractivity contribution in [2.75, 3.05) is 12.1 Å². The van der Waals surface area contributed by atoms with Crippen LogP contribution < -0.4 is 21.4 Å². The maximum atomic E-state index is 11.9. The fourth-order valence-electron chi connectivity index (χ4n) is 1.76. The van der Waals surface area contributed by atoms with E-state index in [2.05, 4.69) is 25.3 Å². The van der Waals surface area contributed by atoms with E-state index >= 15 is 0 Å². The summed E-state index contributed by atoms with van der Waals surface area (Å²) in [5.41, 5.74) is 2.22. The van der Waals surface area contributed by atoms with Gasteiger partial charge in [0.1, 0.15) is 6.61 Å². The van der Waals surface area contributed by atoms with Gasteiger partial charge in [-0.15, -0.1) is 0 Å². The Bertz CT molecular complexity index is 677. The molecule has 8 nitrogen and oxygen atoms in total. The molecule has 1 aromatic carbocycles. The smallest absolute Gasteiger partial charge is 0.352 e. The molecule has 2 aromatic rings. The van der Waals surface area contributed by atoms with Gasteiger partial charge in [-0.05, 0) is 34.5 Å². The van der Waals surface area contributed by atoms with Crippen molar-refractivity contribution in [3.05, 3.63) is 34.1 Å². The summed E-state index contributed by atoms with van der Waals surface area (Å²) < 4.78 is 10.0. The summed E-state index contributed by atoms with van der Waals surface area (Å²) >= 11 is 4.29. The number of nitrogens with zero attached hydrogens (tertiary/aromatic N) is 4. The summed E-state index contributed by atoms with van der Waals surface area (Å²) in [6.07, 6.45) is 0. The summed E-state index contributed by atoms with van der Waals surface area (Å²) in [5.74, 6) is 11.3. The number of amides is 2. The number of aromatic nitrogens is 2. The number of hydrazine groups is 2. The number of ether oxygens (including phenoxy) is 1. The number of rotatable bonds is 4. The Morgan fingerprint density at radius 1 is 1.45 bits per heavy atom. The molecule has 0 spiro atoms. The van der Waals surface area contributed by atoms with Crippen LogP contribution in [-0.4, -0.2) is 27.4 Å². The van der Waals surface area contributed by atoms with Crippen molar-refractivity contribution in [1.82, 2.24) is 14.4 Å². The maximum absolute atomic E-state index is 11.9. The molecule has 0 aliphatic carbocycles. The summed E-state index contributed by atoms with van der Waals surface area (Å²) in [4.78, 5) is 16.0. The highest BCUT2D eigenvalue weighted by Gasteiger charge is 2.19. The Morgan fingerprint density at radius 2 is 2.18 bits per heavy atom. The average Bonchev–Trinajstić information content (AvgIpc) is 2.89. The van der Waals surface area contributed by atoms with Gasteiger partial charge in [-0.3, -0.25) is 5.01 Å². The molecule has 0 atom stereocenters. The predicted molar refractivity (Wildman–Crippen MR) is 87.1 cm³/mol. The lowest BCUT2D eigenvalue weighted by molar-refractivity contribution is 0.216. The van der Waals surface area contributed by atoms with Crippen LogP contribution >= 0.6 is 27.5 Å². The van der Waals surface area contributed by atoms with E-state index < -0.39 is 6.03 Å². The van der Waals surface area contributed by atoms with E-state index in [1.165, 1.54) is 7.05 Å². The van der Waals surface area contributed by atoms with Crippen molar-refractivity contribution in [3.63, 3.8) is 0 Å². The molecule has 22 heavy (non-hydrogen) atoms. The van der Waals surface area contributed by atoms with Crippen molar-refractivity contribution in [1.29, 1.82) is 0 Å². The Labute approximate surface area is 139 Å². The van der Waals surface area contributed by atoms with Crippen LogP contribution in [0, 0.1) is 6.92 Å². The molecule has 0 saturated carbocycles. The maximum Gasteiger partial charge on any atom is 0.352 e. The van der Waals surface area contributed by atoms with Gasteiger partial charge in [0, 0.05) is 24.1 Å². The van der Waals surface area contributed by atoms with Gasteiger partial charge in [-0.1, -0.05) is 12.1 Å². The Morgan fingerprint density at radius 3 is 2.77 bits per heavy atom. The van der Waals surface area contributed by atoms with Crippen LogP contribution in [-0.2, 0) is 6.61 Å². The molecule has 118 valence electrons. The van der Waals surface area contributed by atoms with Gasteiger partial charge in [0.2, 0.25) is 4.73 Å². The summed E-state index contributed by atoms with van der Waals surface area (Å²) in [5, 5.41) is 2.32. The number of urea groups is 1. The van der Waals surface area contributed by atoms with Crippen molar-refractivity contribution in [3.8, 4) is 5.19 Å². The third kappa shape index (κ3) is 3.71. The number of carbonyl (C=O) groups excluding carboxylic acids is 1. The first kappa shape index (κ1) is 16.6. The molecule has 0 bridgehead atoms. The second-order valence-corrected chi connectivity index (χ2v) is 5.88. The number of anilines is 1. The zero-order valence-corrected chi connectivity index (χ0v) is 14.4.